The molecule has 0 spiro atoms. The van der Waals surface area contributed by atoms with Crippen LogP contribution in [0.5, 0.6) is 0 Å². The summed E-state index contributed by atoms with van der Waals surface area (Å²) in [6.45, 7) is 1.82. The molecule has 3 rings (SSSR count). The third-order valence-electron chi connectivity index (χ3n) is 2.98. The number of hydrogen-bond acceptors (Lipinski definition) is 5. The first-order valence-electron chi connectivity index (χ1n) is 6.32. The summed E-state index contributed by atoms with van der Waals surface area (Å²) in [5.74, 6) is -0.375. The Labute approximate surface area is 124 Å². The quantitative estimate of drug-likeness (QED) is 0.730. The maximum absolute atomic E-state index is 11.9. The first kappa shape index (κ1) is 13.4. The van der Waals surface area contributed by atoms with Crippen LogP contribution in [-0.4, -0.2) is 20.4 Å². The van der Waals surface area contributed by atoms with Crippen LogP contribution in [0.1, 0.15) is 16.2 Å². The molecule has 1 N–H and O–H groups in total. The molecule has 0 aliphatic heterocycles. The number of thiazole rings is 1. The van der Waals surface area contributed by atoms with Gasteiger partial charge in [-0.3, -0.25) is 9.78 Å². The number of aryl methyl sites for hydroxylation is 2. The van der Waals surface area contributed by atoms with Gasteiger partial charge in [-0.15, -0.1) is 5.10 Å². The summed E-state index contributed by atoms with van der Waals surface area (Å²) >= 11 is 1.51. The molecule has 1 amide bonds. The number of aromatic nitrogens is 3. The van der Waals surface area contributed by atoms with Crippen molar-refractivity contribution < 1.29 is 4.79 Å². The Bertz CT molecular complexity index is 863. The molecule has 0 radical (unpaired) electrons. The van der Waals surface area contributed by atoms with E-state index in [1.54, 1.807) is 6.20 Å². The highest BCUT2D eigenvalue weighted by Gasteiger charge is 2.07. The fourth-order valence-electron chi connectivity index (χ4n) is 1.85. The number of hydrogen-bond donors (Lipinski definition) is 1. The third kappa shape index (κ3) is 2.68. The lowest BCUT2D eigenvalue weighted by Gasteiger charge is -1.98. The second kappa shape index (κ2) is 5.45. The second-order valence-corrected chi connectivity index (χ2v) is 5.52. The zero-order valence-corrected chi connectivity index (χ0v) is 12.4. The summed E-state index contributed by atoms with van der Waals surface area (Å²) in [5, 5.41) is 4.16. The molecule has 2 heterocycles. The van der Waals surface area contributed by atoms with Crippen LogP contribution in [0.25, 0.3) is 10.2 Å². The van der Waals surface area contributed by atoms with Crippen LogP contribution in [0, 0.1) is 6.92 Å². The molecule has 6 nitrogen and oxygen atoms in total. The monoisotopic (exact) mass is 299 g/mol. The predicted octanol–water partition coefficient (Wildman–Crippen LogP) is 1.58. The van der Waals surface area contributed by atoms with Crippen molar-refractivity contribution in [3.05, 3.63) is 52.8 Å². The van der Waals surface area contributed by atoms with E-state index in [0.717, 1.165) is 15.9 Å². The molecule has 7 heteroatoms. The zero-order valence-electron chi connectivity index (χ0n) is 11.6. The van der Waals surface area contributed by atoms with E-state index in [1.807, 2.05) is 42.8 Å². The number of carbonyl (C=O) groups excluding carboxylic acids is 1. The number of para-hydroxylation sites is 1. The van der Waals surface area contributed by atoms with Gasteiger partial charge in [0, 0.05) is 13.2 Å². The van der Waals surface area contributed by atoms with E-state index in [2.05, 4.69) is 20.5 Å². The van der Waals surface area contributed by atoms with E-state index in [9.17, 15) is 4.79 Å². The standard InChI is InChI=1S/C14H13N5OS/c1-9-7-16-10(8-15-9)13(20)17-18-14-19(2)11-5-3-4-6-12(11)21-14/h3-8H,1-2H3,(H,17,20). The smallest absolute Gasteiger partial charge is 0.291 e. The van der Waals surface area contributed by atoms with Crippen molar-refractivity contribution in [3.63, 3.8) is 0 Å². The molecule has 3 aromatic rings. The lowest BCUT2D eigenvalue weighted by atomic mass is 10.3. The highest BCUT2D eigenvalue weighted by molar-refractivity contribution is 7.16. The lowest BCUT2D eigenvalue weighted by Crippen LogP contribution is -2.24. The van der Waals surface area contributed by atoms with Gasteiger partial charge in [-0.1, -0.05) is 23.5 Å². The van der Waals surface area contributed by atoms with Gasteiger partial charge in [-0.2, -0.15) is 0 Å². The molecule has 0 saturated heterocycles. The molecular weight excluding hydrogens is 286 g/mol. The number of rotatable bonds is 2. The van der Waals surface area contributed by atoms with Crippen molar-refractivity contribution in [2.75, 3.05) is 0 Å². The van der Waals surface area contributed by atoms with Gasteiger partial charge in [0.25, 0.3) is 5.91 Å². The van der Waals surface area contributed by atoms with Gasteiger partial charge in [0.15, 0.2) is 0 Å². The third-order valence-corrected chi connectivity index (χ3v) is 4.09. The Morgan fingerprint density at radius 2 is 2.10 bits per heavy atom. The normalized spacial score (nSPS) is 11.8. The molecule has 1 aromatic carbocycles. The van der Waals surface area contributed by atoms with Crippen molar-refractivity contribution in [2.24, 2.45) is 12.1 Å². The van der Waals surface area contributed by atoms with Crippen molar-refractivity contribution in [3.8, 4) is 0 Å². The number of carbonyl (C=O) groups is 1. The van der Waals surface area contributed by atoms with E-state index < -0.39 is 0 Å². The van der Waals surface area contributed by atoms with Gasteiger partial charge < -0.3 is 4.57 Å². The lowest BCUT2D eigenvalue weighted by molar-refractivity contribution is 0.0947. The van der Waals surface area contributed by atoms with Gasteiger partial charge in [0.1, 0.15) is 5.69 Å². The van der Waals surface area contributed by atoms with Crippen LogP contribution in [0.2, 0.25) is 0 Å². The summed E-state index contributed by atoms with van der Waals surface area (Å²) in [4.78, 5) is 20.7. The Morgan fingerprint density at radius 3 is 2.81 bits per heavy atom. The van der Waals surface area contributed by atoms with Crippen molar-refractivity contribution in [1.82, 2.24) is 20.0 Å². The number of nitrogens with zero attached hydrogens (tertiary/aromatic N) is 4. The minimum atomic E-state index is -0.375. The number of nitrogens with one attached hydrogen (secondary N) is 1. The SMILES string of the molecule is Cc1cnc(C(=O)NN=c2sc3ccccc3n2C)cn1. The topological polar surface area (TPSA) is 72.2 Å². The average molecular weight is 299 g/mol. The molecule has 2 aromatic heterocycles. The summed E-state index contributed by atoms with van der Waals surface area (Å²) in [6.07, 6.45) is 2.99. The molecule has 0 fully saturated rings. The van der Waals surface area contributed by atoms with E-state index in [-0.39, 0.29) is 11.6 Å². The van der Waals surface area contributed by atoms with E-state index >= 15 is 0 Å². The highest BCUT2D eigenvalue weighted by atomic mass is 32.1. The van der Waals surface area contributed by atoms with Gasteiger partial charge in [0.2, 0.25) is 4.80 Å². The van der Waals surface area contributed by atoms with Crippen LogP contribution >= 0.6 is 11.3 Å². The van der Waals surface area contributed by atoms with Crippen molar-refractivity contribution >= 4 is 27.5 Å². The molecule has 0 aliphatic rings. The fourth-order valence-corrected chi connectivity index (χ4v) is 2.83. The highest BCUT2D eigenvalue weighted by Crippen LogP contribution is 2.14. The van der Waals surface area contributed by atoms with Crippen LogP contribution in [-0.2, 0) is 7.05 Å². The Hall–Kier alpha value is -2.54. The molecule has 0 aliphatic carbocycles. The van der Waals surface area contributed by atoms with Crippen LogP contribution in [0.3, 0.4) is 0 Å². The first-order chi connectivity index (χ1) is 10.1. The molecule has 21 heavy (non-hydrogen) atoms. The molecule has 0 saturated carbocycles. The second-order valence-electron chi connectivity index (χ2n) is 4.51. The van der Waals surface area contributed by atoms with Gasteiger partial charge in [-0.05, 0) is 19.1 Å². The Kier molecular flexibility index (Phi) is 3.49. The Morgan fingerprint density at radius 1 is 1.29 bits per heavy atom. The Balaban J connectivity index is 1.89. The molecule has 0 bridgehead atoms. The fraction of sp³-hybridized carbons (Fsp3) is 0.143. The van der Waals surface area contributed by atoms with Gasteiger partial charge in [0.05, 0.1) is 22.1 Å². The number of amides is 1. The molecule has 106 valence electrons. The van der Waals surface area contributed by atoms with Crippen LogP contribution in [0.15, 0.2) is 41.8 Å². The summed E-state index contributed by atoms with van der Waals surface area (Å²) < 4.78 is 3.05. The van der Waals surface area contributed by atoms with Crippen molar-refractivity contribution in [1.29, 1.82) is 0 Å². The minimum Gasteiger partial charge on any atom is -0.318 e. The average Bonchev–Trinajstić information content (AvgIpc) is 2.82. The van der Waals surface area contributed by atoms with E-state index in [4.69, 9.17) is 0 Å². The number of fused-ring (bicyclic) bond motifs is 1. The van der Waals surface area contributed by atoms with E-state index in [0.29, 0.717) is 4.80 Å². The number of benzene rings is 1. The maximum Gasteiger partial charge on any atom is 0.291 e. The summed E-state index contributed by atoms with van der Waals surface area (Å²) in [5.41, 5.74) is 4.59. The molecular formula is C14H13N5OS. The van der Waals surface area contributed by atoms with E-state index in [1.165, 1.54) is 17.5 Å². The molecule has 0 atom stereocenters. The van der Waals surface area contributed by atoms with Crippen LogP contribution in [0.4, 0.5) is 0 Å². The largest absolute Gasteiger partial charge is 0.318 e. The predicted molar refractivity (Wildman–Crippen MR) is 80.6 cm³/mol. The molecule has 0 unspecified atom stereocenters. The minimum absolute atomic E-state index is 0.244. The van der Waals surface area contributed by atoms with Crippen LogP contribution < -0.4 is 10.2 Å². The van der Waals surface area contributed by atoms with Crippen molar-refractivity contribution in [2.45, 2.75) is 6.92 Å². The van der Waals surface area contributed by atoms with Gasteiger partial charge >= 0.3 is 0 Å². The zero-order chi connectivity index (χ0) is 14.8. The summed E-state index contributed by atoms with van der Waals surface area (Å²) in [6, 6.07) is 7.98. The maximum atomic E-state index is 11.9. The first-order valence-corrected chi connectivity index (χ1v) is 7.14. The van der Waals surface area contributed by atoms with Gasteiger partial charge in [-0.25, -0.2) is 10.4 Å². The summed E-state index contributed by atoms with van der Waals surface area (Å²) in [7, 11) is 1.91.